The van der Waals surface area contributed by atoms with Crippen molar-refractivity contribution in [3.8, 4) is 0 Å². The molecule has 1 saturated heterocycles. The maximum absolute atomic E-state index is 3.40. The topological polar surface area (TPSA) is 18.5 Å². The second-order valence-electron chi connectivity index (χ2n) is 5.55. The Hall–Kier alpha value is -0.120. The van der Waals surface area contributed by atoms with Gasteiger partial charge in [0, 0.05) is 45.3 Å². The Labute approximate surface area is 101 Å². The summed E-state index contributed by atoms with van der Waals surface area (Å²) in [7, 11) is 2.26. The minimum absolute atomic E-state index is 0.711. The third-order valence-electron chi connectivity index (χ3n) is 3.54. The normalized spacial score (nSPS) is 20.6. The summed E-state index contributed by atoms with van der Waals surface area (Å²) in [5, 5.41) is 3.40. The monoisotopic (exact) mass is 227 g/mol. The van der Waals surface area contributed by atoms with Crippen LogP contribution < -0.4 is 5.32 Å². The minimum Gasteiger partial charge on any atom is -0.314 e. The highest BCUT2D eigenvalue weighted by molar-refractivity contribution is 4.71. The molecule has 1 atom stereocenters. The van der Waals surface area contributed by atoms with Crippen LogP contribution in [0.5, 0.6) is 0 Å². The molecule has 0 amide bonds. The number of hydrogen-bond donors (Lipinski definition) is 1. The van der Waals surface area contributed by atoms with Crippen molar-refractivity contribution in [2.75, 3.05) is 46.3 Å². The van der Waals surface area contributed by atoms with Gasteiger partial charge in [0.25, 0.3) is 0 Å². The van der Waals surface area contributed by atoms with Crippen LogP contribution in [0.25, 0.3) is 0 Å². The Bertz CT molecular complexity index is 176. The highest BCUT2D eigenvalue weighted by Gasteiger charge is 2.13. The Morgan fingerprint density at radius 1 is 1.19 bits per heavy atom. The summed E-state index contributed by atoms with van der Waals surface area (Å²) in [6.07, 6.45) is 1.30. The zero-order valence-corrected chi connectivity index (χ0v) is 11.5. The molecule has 0 radical (unpaired) electrons. The molecule has 1 heterocycles. The van der Waals surface area contributed by atoms with Gasteiger partial charge in [0.05, 0.1) is 0 Å². The largest absolute Gasteiger partial charge is 0.314 e. The Morgan fingerprint density at radius 3 is 2.38 bits per heavy atom. The molecule has 0 aromatic carbocycles. The standard InChI is InChI=1S/C13H29N3/c1-12(2)11-13(3)15(4)9-10-16-7-5-14-6-8-16/h12-14H,5-11H2,1-4H3. The van der Waals surface area contributed by atoms with Crippen molar-refractivity contribution in [2.45, 2.75) is 33.2 Å². The third-order valence-corrected chi connectivity index (χ3v) is 3.54. The molecular formula is C13H29N3. The first kappa shape index (κ1) is 13.9. The van der Waals surface area contributed by atoms with E-state index < -0.39 is 0 Å². The third kappa shape index (κ3) is 5.28. The summed E-state index contributed by atoms with van der Waals surface area (Å²) >= 11 is 0. The average molecular weight is 227 g/mol. The van der Waals surface area contributed by atoms with Gasteiger partial charge in [0.2, 0.25) is 0 Å². The number of rotatable bonds is 6. The molecule has 3 heteroatoms. The van der Waals surface area contributed by atoms with Gasteiger partial charge in [0.15, 0.2) is 0 Å². The van der Waals surface area contributed by atoms with Crippen LogP contribution in [-0.2, 0) is 0 Å². The van der Waals surface area contributed by atoms with E-state index in [-0.39, 0.29) is 0 Å². The molecule has 1 aliphatic rings. The fraction of sp³-hybridized carbons (Fsp3) is 1.00. The lowest BCUT2D eigenvalue weighted by atomic mass is 10.0. The number of piperazine rings is 1. The lowest BCUT2D eigenvalue weighted by Crippen LogP contribution is -2.46. The van der Waals surface area contributed by atoms with Crippen molar-refractivity contribution in [3.63, 3.8) is 0 Å². The SMILES string of the molecule is CC(C)CC(C)N(C)CCN1CCNCC1. The van der Waals surface area contributed by atoms with Crippen LogP contribution in [0.15, 0.2) is 0 Å². The van der Waals surface area contributed by atoms with Crippen molar-refractivity contribution < 1.29 is 0 Å². The lowest BCUT2D eigenvalue weighted by Gasteiger charge is -2.31. The molecule has 0 spiro atoms. The summed E-state index contributed by atoms with van der Waals surface area (Å²) in [5.41, 5.74) is 0. The van der Waals surface area contributed by atoms with Crippen LogP contribution in [0.3, 0.4) is 0 Å². The van der Waals surface area contributed by atoms with Gasteiger partial charge in [-0.05, 0) is 26.3 Å². The summed E-state index contributed by atoms with van der Waals surface area (Å²) in [5.74, 6) is 0.802. The first-order chi connectivity index (χ1) is 7.59. The maximum atomic E-state index is 3.40. The summed E-state index contributed by atoms with van der Waals surface area (Å²) < 4.78 is 0. The predicted molar refractivity (Wildman–Crippen MR) is 70.9 cm³/mol. The fourth-order valence-electron chi connectivity index (χ4n) is 2.32. The second-order valence-corrected chi connectivity index (χ2v) is 5.55. The van der Waals surface area contributed by atoms with Gasteiger partial charge in [-0.2, -0.15) is 0 Å². The first-order valence-corrected chi connectivity index (χ1v) is 6.73. The van der Waals surface area contributed by atoms with Gasteiger partial charge < -0.3 is 10.2 Å². The highest BCUT2D eigenvalue weighted by atomic mass is 15.2. The molecule has 0 aliphatic carbocycles. The van der Waals surface area contributed by atoms with Crippen molar-refractivity contribution in [3.05, 3.63) is 0 Å². The maximum Gasteiger partial charge on any atom is 0.0110 e. The second kappa shape index (κ2) is 7.25. The van der Waals surface area contributed by atoms with Crippen LogP contribution >= 0.6 is 0 Å². The molecule has 0 bridgehead atoms. The molecule has 96 valence electrons. The quantitative estimate of drug-likeness (QED) is 0.737. The smallest absolute Gasteiger partial charge is 0.0110 e. The Morgan fingerprint density at radius 2 is 1.81 bits per heavy atom. The van der Waals surface area contributed by atoms with Crippen molar-refractivity contribution in [1.82, 2.24) is 15.1 Å². The highest BCUT2D eigenvalue weighted by Crippen LogP contribution is 2.09. The lowest BCUT2D eigenvalue weighted by molar-refractivity contribution is 0.172. The van der Waals surface area contributed by atoms with E-state index >= 15 is 0 Å². The average Bonchev–Trinajstić information content (AvgIpc) is 2.26. The predicted octanol–water partition coefficient (Wildman–Crippen LogP) is 1.26. The number of hydrogen-bond acceptors (Lipinski definition) is 3. The molecule has 1 rings (SSSR count). The molecule has 0 saturated carbocycles. The van der Waals surface area contributed by atoms with Gasteiger partial charge in [-0.15, -0.1) is 0 Å². The zero-order valence-electron chi connectivity index (χ0n) is 11.5. The van der Waals surface area contributed by atoms with E-state index in [1.807, 2.05) is 0 Å². The van der Waals surface area contributed by atoms with Gasteiger partial charge >= 0.3 is 0 Å². The van der Waals surface area contributed by atoms with E-state index in [9.17, 15) is 0 Å². The molecule has 1 N–H and O–H groups in total. The van der Waals surface area contributed by atoms with E-state index in [4.69, 9.17) is 0 Å². The van der Waals surface area contributed by atoms with E-state index in [1.54, 1.807) is 0 Å². The molecule has 16 heavy (non-hydrogen) atoms. The molecule has 3 nitrogen and oxygen atoms in total. The van der Waals surface area contributed by atoms with Crippen molar-refractivity contribution in [2.24, 2.45) is 5.92 Å². The first-order valence-electron chi connectivity index (χ1n) is 6.73. The van der Waals surface area contributed by atoms with Crippen LogP contribution in [0.4, 0.5) is 0 Å². The van der Waals surface area contributed by atoms with Gasteiger partial charge in [-0.25, -0.2) is 0 Å². The van der Waals surface area contributed by atoms with Gasteiger partial charge in [-0.1, -0.05) is 13.8 Å². The van der Waals surface area contributed by atoms with E-state index in [0.29, 0.717) is 6.04 Å². The summed E-state index contributed by atoms with van der Waals surface area (Å²) in [6, 6.07) is 0.711. The van der Waals surface area contributed by atoms with Crippen LogP contribution in [0, 0.1) is 5.92 Å². The fourth-order valence-corrected chi connectivity index (χ4v) is 2.32. The van der Waals surface area contributed by atoms with E-state index in [2.05, 4.69) is 42.9 Å². The van der Waals surface area contributed by atoms with Gasteiger partial charge in [-0.3, -0.25) is 4.90 Å². The molecular weight excluding hydrogens is 198 g/mol. The number of likely N-dealkylation sites (N-methyl/N-ethyl adjacent to an activating group) is 1. The molecule has 1 fully saturated rings. The molecule has 0 aromatic rings. The number of nitrogens with one attached hydrogen (secondary N) is 1. The van der Waals surface area contributed by atoms with E-state index in [0.717, 1.165) is 19.0 Å². The number of nitrogens with zero attached hydrogens (tertiary/aromatic N) is 2. The minimum atomic E-state index is 0.711. The van der Waals surface area contributed by atoms with Crippen LogP contribution in [-0.4, -0.2) is 62.2 Å². The Kier molecular flexibility index (Phi) is 6.32. The zero-order chi connectivity index (χ0) is 12.0. The van der Waals surface area contributed by atoms with E-state index in [1.165, 1.54) is 32.6 Å². The van der Waals surface area contributed by atoms with Crippen molar-refractivity contribution >= 4 is 0 Å². The summed E-state index contributed by atoms with van der Waals surface area (Å²) in [6.45, 7) is 14.1. The van der Waals surface area contributed by atoms with Crippen LogP contribution in [0.1, 0.15) is 27.2 Å². The molecule has 0 aromatic heterocycles. The molecule has 1 aliphatic heterocycles. The summed E-state index contributed by atoms with van der Waals surface area (Å²) in [4.78, 5) is 5.07. The van der Waals surface area contributed by atoms with Gasteiger partial charge in [0.1, 0.15) is 0 Å². The van der Waals surface area contributed by atoms with Crippen molar-refractivity contribution in [1.29, 1.82) is 0 Å². The van der Waals surface area contributed by atoms with Crippen LogP contribution in [0.2, 0.25) is 0 Å². The molecule has 1 unspecified atom stereocenters. The Balaban J connectivity index is 2.15.